The molecule has 2 aromatic carbocycles. The molecule has 4 heterocycles. The highest BCUT2D eigenvalue weighted by atomic mass is 19.2. The van der Waals surface area contributed by atoms with Gasteiger partial charge in [-0.3, -0.25) is 10.1 Å². The smallest absolute Gasteiger partial charge is 0.168 e. The number of piperazine rings is 1. The SMILES string of the molecule is CN1CCN2c3ccc(-c4n[nH]c5cnc(-c6cccc(F)c6F)cc45)cc3OCC2C1. The molecule has 4 aromatic rings. The number of benzene rings is 2. The van der Waals surface area contributed by atoms with Gasteiger partial charge in [-0.25, -0.2) is 8.78 Å². The van der Waals surface area contributed by atoms with Crippen molar-refractivity contribution in [2.75, 3.05) is 38.2 Å². The molecule has 1 saturated heterocycles. The molecule has 0 amide bonds. The number of hydrogen-bond acceptors (Lipinski definition) is 5. The highest BCUT2D eigenvalue weighted by Crippen LogP contribution is 2.39. The third-order valence-corrected chi connectivity index (χ3v) is 6.33. The first-order valence-electron chi connectivity index (χ1n) is 10.6. The minimum atomic E-state index is -0.909. The number of hydrogen-bond donors (Lipinski definition) is 1. The van der Waals surface area contributed by atoms with Gasteiger partial charge in [0.1, 0.15) is 18.1 Å². The number of halogens is 2. The van der Waals surface area contributed by atoms with Crippen LogP contribution in [-0.2, 0) is 0 Å². The lowest BCUT2D eigenvalue weighted by molar-refractivity contribution is 0.188. The number of H-pyrrole nitrogens is 1. The minimum Gasteiger partial charge on any atom is -0.489 e. The molecule has 1 fully saturated rings. The lowest BCUT2D eigenvalue weighted by Crippen LogP contribution is -2.56. The van der Waals surface area contributed by atoms with Crippen molar-refractivity contribution in [3.8, 4) is 28.3 Å². The highest BCUT2D eigenvalue weighted by molar-refractivity contribution is 5.95. The van der Waals surface area contributed by atoms with Crippen LogP contribution in [0.5, 0.6) is 5.75 Å². The van der Waals surface area contributed by atoms with Gasteiger partial charge in [0.15, 0.2) is 11.6 Å². The van der Waals surface area contributed by atoms with Crippen LogP contribution in [0.3, 0.4) is 0 Å². The Morgan fingerprint density at radius 1 is 1.12 bits per heavy atom. The first kappa shape index (κ1) is 19.2. The van der Waals surface area contributed by atoms with E-state index in [-0.39, 0.29) is 5.56 Å². The van der Waals surface area contributed by atoms with Gasteiger partial charge in [0.2, 0.25) is 0 Å². The fourth-order valence-corrected chi connectivity index (χ4v) is 4.66. The van der Waals surface area contributed by atoms with Crippen molar-refractivity contribution in [2.24, 2.45) is 0 Å². The molecule has 32 heavy (non-hydrogen) atoms. The van der Waals surface area contributed by atoms with E-state index >= 15 is 0 Å². The number of nitrogens with zero attached hydrogens (tertiary/aromatic N) is 4. The maximum atomic E-state index is 14.3. The van der Waals surface area contributed by atoms with Gasteiger partial charge in [-0.2, -0.15) is 5.10 Å². The number of likely N-dealkylation sites (N-methyl/N-ethyl adjacent to an activating group) is 1. The Balaban J connectivity index is 1.41. The molecule has 6 rings (SSSR count). The summed E-state index contributed by atoms with van der Waals surface area (Å²) in [5.74, 6) is -0.968. The molecule has 0 aliphatic carbocycles. The Labute approximate surface area is 183 Å². The van der Waals surface area contributed by atoms with Crippen LogP contribution < -0.4 is 9.64 Å². The Bertz CT molecular complexity index is 1340. The van der Waals surface area contributed by atoms with E-state index in [0.29, 0.717) is 24.0 Å². The van der Waals surface area contributed by atoms with E-state index in [1.54, 1.807) is 12.3 Å². The zero-order valence-electron chi connectivity index (χ0n) is 17.5. The molecular weight excluding hydrogens is 412 g/mol. The molecule has 2 aliphatic rings. The summed E-state index contributed by atoms with van der Waals surface area (Å²) < 4.78 is 34.1. The van der Waals surface area contributed by atoms with Crippen molar-refractivity contribution in [1.82, 2.24) is 20.1 Å². The third-order valence-electron chi connectivity index (χ3n) is 6.33. The molecule has 1 atom stereocenters. The summed E-state index contributed by atoms with van der Waals surface area (Å²) >= 11 is 0. The lowest BCUT2D eigenvalue weighted by Gasteiger charge is -2.44. The number of fused-ring (bicyclic) bond motifs is 4. The van der Waals surface area contributed by atoms with Crippen molar-refractivity contribution in [1.29, 1.82) is 0 Å². The number of aromatic nitrogens is 3. The second-order valence-electron chi connectivity index (χ2n) is 8.39. The molecule has 8 heteroatoms. The standard InChI is InChI=1S/C24H21F2N5O/c1-30-7-8-31-15(12-30)13-32-22-9-14(5-6-21(22)31)24-17-10-19(27-11-20(17)28-29-24)16-3-2-4-18(25)23(16)26/h2-6,9-11,15H,7-8,12-13H2,1H3,(H,28,29). The van der Waals surface area contributed by atoms with E-state index in [4.69, 9.17) is 4.74 Å². The summed E-state index contributed by atoms with van der Waals surface area (Å²) in [4.78, 5) is 9.04. The monoisotopic (exact) mass is 433 g/mol. The Kier molecular flexibility index (Phi) is 4.36. The van der Waals surface area contributed by atoms with E-state index in [2.05, 4.69) is 38.1 Å². The number of ether oxygens (including phenoxy) is 1. The molecule has 0 spiro atoms. The molecule has 0 radical (unpaired) electrons. The van der Waals surface area contributed by atoms with Crippen LogP contribution in [0.25, 0.3) is 33.4 Å². The second kappa shape index (κ2) is 7.27. The first-order chi connectivity index (χ1) is 15.6. The minimum absolute atomic E-state index is 0.119. The molecular formula is C24H21F2N5O. The third kappa shape index (κ3) is 3.02. The molecule has 162 valence electrons. The predicted molar refractivity (Wildman–Crippen MR) is 119 cm³/mol. The van der Waals surface area contributed by atoms with Crippen molar-refractivity contribution in [3.63, 3.8) is 0 Å². The van der Waals surface area contributed by atoms with Gasteiger partial charge in [-0.05, 0) is 37.4 Å². The van der Waals surface area contributed by atoms with Crippen LogP contribution >= 0.6 is 0 Å². The van der Waals surface area contributed by atoms with Gasteiger partial charge in [-0.1, -0.05) is 12.1 Å². The Hall–Kier alpha value is -3.52. The van der Waals surface area contributed by atoms with Crippen LogP contribution in [0.15, 0.2) is 48.7 Å². The van der Waals surface area contributed by atoms with Gasteiger partial charge in [0, 0.05) is 36.1 Å². The van der Waals surface area contributed by atoms with Crippen LogP contribution in [0.4, 0.5) is 14.5 Å². The molecule has 1 N–H and O–H groups in total. The molecule has 2 aliphatic heterocycles. The van der Waals surface area contributed by atoms with Crippen LogP contribution in [0.1, 0.15) is 0 Å². The van der Waals surface area contributed by atoms with E-state index < -0.39 is 11.6 Å². The van der Waals surface area contributed by atoms with Crippen LogP contribution in [0.2, 0.25) is 0 Å². The Morgan fingerprint density at radius 2 is 2.03 bits per heavy atom. The summed E-state index contributed by atoms with van der Waals surface area (Å²) in [6.45, 7) is 3.62. The number of nitrogens with one attached hydrogen (secondary N) is 1. The number of pyridine rings is 1. The number of anilines is 1. The first-order valence-corrected chi connectivity index (χ1v) is 10.6. The fraction of sp³-hybridized carbons (Fsp3) is 0.250. The average Bonchev–Trinajstić information content (AvgIpc) is 3.23. The highest BCUT2D eigenvalue weighted by Gasteiger charge is 2.32. The average molecular weight is 433 g/mol. The van der Waals surface area contributed by atoms with Crippen molar-refractivity contribution < 1.29 is 13.5 Å². The Morgan fingerprint density at radius 3 is 2.94 bits per heavy atom. The van der Waals surface area contributed by atoms with E-state index in [1.165, 1.54) is 12.1 Å². The van der Waals surface area contributed by atoms with E-state index in [0.717, 1.165) is 53.6 Å². The predicted octanol–water partition coefficient (Wildman–Crippen LogP) is 4.08. The zero-order valence-corrected chi connectivity index (χ0v) is 17.5. The normalized spacial score (nSPS) is 18.3. The van der Waals surface area contributed by atoms with E-state index in [1.807, 2.05) is 12.1 Å². The van der Waals surface area contributed by atoms with Gasteiger partial charge >= 0.3 is 0 Å². The number of rotatable bonds is 2. The lowest BCUT2D eigenvalue weighted by atomic mass is 10.0. The van der Waals surface area contributed by atoms with Gasteiger partial charge < -0.3 is 14.5 Å². The number of aromatic amines is 1. The largest absolute Gasteiger partial charge is 0.489 e. The summed E-state index contributed by atoms with van der Waals surface area (Å²) in [7, 11) is 2.14. The van der Waals surface area contributed by atoms with Gasteiger partial charge in [-0.15, -0.1) is 0 Å². The summed E-state index contributed by atoms with van der Waals surface area (Å²) in [6.07, 6.45) is 1.59. The second-order valence-corrected chi connectivity index (χ2v) is 8.39. The van der Waals surface area contributed by atoms with Crippen molar-refractivity contribution in [2.45, 2.75) is 6.04 Å². The summed E-state index contributed by atoms with van der Waals surface area (Å²) in [6, 6.07) is 12.3. The maximum Gasteiger partial charge on any atom is 0.168 e. The topological polar surface area (TPSA) is 57.3 Å². The molecule has 6 nitrogen and oxygen atoms in total. The van der Waals surface area contributed by atoms with Crippen molar-refractivity contribution in [3.05, 3.63) is 60.3 Å². The zero-order chi connectivity index (χ0) is 21.8. The van der Waals surface area contributed by atoms with E-state index in [9.17, 15) is 8.78 Å². The summed E-state index contributed by atoms with van der Waals surface area (Å²) in [5, 5.41) is 8.24. The molecule has 0 bridgehead atoms. The molecule has 0 saturated carbocycles. The van der Waals surface area contributed by atoms with Gasteiger partial charge in [0.25, 0.3) is 0 Å². The maximum absolute atomic E-state index is 14.3. The summed E-state index contributed by atoms with van der Waals surface area (Å²) in [5.41, 5.74) is 3.90. The van der Waals surface area contributed by atoms with Crippen molar-refractivity contribution >= 4 is 16.6 Å². The fourth-order valence-electron chi connectivity index (χ4n) is 4.66. The molecule has 2 aromatic heterocycles. The van der Waals surface area contributed by atoms with Crippen LogP contribution in [0, 0.1) is 11.6 Å². The van der Waals surface area contributed by atoms with Crippen LogP contribution in [-0.4, -0.2) is 59.4 Å². The quantitative estimate of drug-likeness (QED) is 0.516. The molecule has 1 unspecified atom stereocenters. The van der Waals surface area contributed by atoms with Gasteiger partial charge in [0.05, 0.1) is 29.1 Å².